The lowest BCUT2D eigenvalue weighted by Gasteiger charge is -2.02. The fraction of sp³-hybridized carbons (Fsp3) is 0.0833. The lowest BCUT2D eigenvalue weighted by molar-refractivity contribution is 0.0948. The number of aromatic nitrogens is 2. The van der Waals surface area contributed by atoms with Crippen molar-refractivity contribution in [3.05, 3.63) is 47.9 Å². The maximum Gasteiger partial charge on any atom is 0.251 e. The van der Waals surface area contributed by atoms with E-state index in [-0.39, 0.29) is 5.91 Å². The highest BCUT2D eigenvalue weighted by molar-refractivity contribution is 7.00. The van der Waals surface area contributed by atoms with Gasteiger partial charge in [-0.1, -0.05) is 0 Å². The first-order chi connectivity index (χ1) is 8.83. The molecule has 5 nitrogen and oxygen atoms in total. The highest BCUT2D eigenvalue weighted by Crippen LogP contribution is 2.13. The maximum atomic E-state index is 11.9. The van der Waals surface area contributed by atoms with Crippen molar-refractivity contribution >= 4 is 28.7 Å². The molecule has 1 amide bonds. The van der Waals surface area contributed by atoms with Gasteiger partial charge in [0.05, 0.1) is 24.5 Å². The molecule has 0 unspecified atom stereocenters. The van der Waals surface area contributed by atoms with Crippen molar-refractivity contribution in [2.45, 2.75) is 6.54 Å². The molecular formula is C12H9N3O2S. The summed E-state index contributed by atoms with van der Waals surface area (Å²) in [5, 5.41) is 2.78. The molecule has 0 fully saturated rings. The normalized spacial score (nSPS) is 10.7. The largest absolute Gasteiger partial charge is 0.467 e. The van der Waals surface area contributed by atoms with E-state index in [0.717, 1.165) is 28.5 Å². The molecule has 3 rings (SSSR count). The summed E-state index contributed by atoms with van der Waals surface area (Å²) in [5.41, 5.74) is 2.12. The third-order valence-corrected chi connectivity index (χ3v) is 3.08. The van der Waals surface area contributed by atoms with E-state index in [0.29, 0.717) is 12.1 Å². The minimum atomic E-state index is -0.152. The Bertz CT molecular complexity index is 676. The fourth-order valence-electron chi connectivity index (χ4n) is 1.61. The third kappa shape index (κ3) is 2.10. The molecule has 90 valence electrons. The van der Waals surface area contributed by atoms with E-state index >= 15 is 0 Å². The van der Waals surface area contributed by atoms with E-state index in [1.54, 1.807) is 30.5 Å². The van der Waals surface area contributed by atoms with Gasteiger partial charge in [-0.15, -0.1) is 0 Å². The van der Waals surface area contributed by atoms with Crippen LogP contribution in [0.15, 0.2) is 41.0 Å². The Labute approximate surface area is 107 Å². The fourth-order valence-corrected chi connectivity index (χ4v) is 2.12. The summed E-state index contributed by atoms with van der Waals surface area (Å²) in [6, 6.07) is 8.86. The summed E-state index contributed by atoms with van der Waals surface area (Å²) >= 11 is 1.14. The van der Waals surface area contributed by atoms with E-state index in [1.807, 2.05) is 6.07 Å². The lowest BCUT2D eigenvalue weighted by Crippen LogP contribution is -2.22. The number of fused-ring (bicyclic) bond motifs is 1. The Kier molecular flexibility index (Phi) is 2.77. The predicted molar refractivity (Wildman–Crippen MR) is 67.3 cm³/mol. The molecule has 2 heterocycles. The van der Waals surface area contributed by atoms with Crippen molar-refractivity contribution in [1.82, 2.24) is 14.1 Å². The zero-order valence-corrected chi connectivity index (χ0v) is 10.1. The number of carbonyl (C=O) groups is 1. The average molecular weight is 259 g/mol. The summed E-state index contributed by atoms with van der Waals surface area (Å²) in [7, 11) is 0. The molecule has 0 spiro atoms. The molecule has 18 heavy (non-hydrogen) atoms. The van der Waals surface area contributed by atoms with Crippen molar-refractivity contribution in [1.29, 1.82) is 0 Å². The van der Waals surface area contributed by atoms with E-state index in [2.05, 4.69) is 14.1 Å². The number of amides is 1. The molecular weight excluding hydrogens is 250 g/mol. The minimum Gasteiger partial charge on any atom is -0.467 e. The zero-order valence-electron chi connectivity index (χ0n) is 9.29. The van der Waals surface area contributed by atoms with E-state index in [1.165, 1.54) is 0 Å². The van der Waals surface area contributed by atoms with Crippen LogP contribution in [-0.4, -0.2) is 14.7 Å². The van der Waals surface area contributed by atoms with Crippen molar-refractivity contribution in [2.75, 3.05) is 0 Å². The maximum absolute atomic E-state index is 11.9. The number of carbonyl (C=O) groups excluding carboxylic acids is 1. The summed E-state index contributed by atoms with van der Waals surface area (Å²) in [4.78, 5) is 11.9. The zero-order chi connectivity index (χ0) is 12.4. The second-order valence-electron chi connectivity index (χ2n) is 3.73. The van der Waals surface area contributed by atoms with Crippen LogP contribution in [0.2, 0.25) is 0 Å². The van der Waals surface area contributed by atoms with Gasteiger partial charge < -0.3 is 9.73 Å². The van der Waals surface area contributed by atoms with Gasteiger partial charge in [-0.25, -0.2) is 0 Å². The van der Waals surface area contributed by atoms with Crippen LogP contribution < -0.4 is 5.32 Å². The van der Waals surface area contributed by atoms with Crippen molar-refractivity contribution in [3.8, 4) is 0 Å². The van der Waals surface area contributed by atoms with E-state index in [9.17, 15) is 4.79 Å². The number of furan rings is 1. The molecule has 0 bridgehead atoms. The summed E-state index contributed by atoms with van der Waals surface area (Å²) in [5.74, 6) is 0.570. The highest BCUT2D eigenvalue weighted by atomic mass is 32.1. The SMILES string of the molecule is O=C(NCc1ccco1)c1ccc2nsnc2c1. The number of nitrogens with one attached hydrogen (secondary N) is 1. The Morgan fingerprint density at radius 2 is 2.17 bits per heavy atom. The second kappa shape index (κ2) is 4.58. The molecule has 2 aromatic heterocycles. The topological polar surface area (TPSA) is 68.0 Å². The smallest absolute Gasteiger partial charge is 0.251 e. The first kappa shape index (κ1) is 10.9. The van der Waals surface area contributed by atoms with Gasteiger partial charge >= 0.3 is 0 Å². The van der Waals surface area contributed by atoms with Crippen molar-refractivity contribution in [2.24, 2.45) is 0 Å². The molecule has 1 N–H and O–H groups in total. The predicted octanol–water partition coefficient (Wildman–Crippen LogP) is 2.21. The van der Waals surface area contributed by atoms with Gasteiger partial charge in [-0.05, 0) is 30.3 Å². The molecule has 0 aliphatic rings. The minimum absolute atomic E-state index is 0.152. The molecule has 0 aliphatic carbocycles. The standard InChI is InChI=1S/C12H9N3O2S/c16-12(13-7-9-2-1-5-17-9)8-3-4-10-11(6-8)15-18-14-10/h1-6H,7H2,(H,13,16). The Morgan fingerprint density at radius 1 is 1.28 bits per heavy atom. The monoisotopic (exact) mass is 259 g/mol. The molecule has 1 aromatic carbocycles. The van der Waals surface area contributed by atoms with Crippen LogP contribution in [0.1, 0.15) is 16.1 Å². The number of hydrogen-bond donors (Lipinski definition) is 1. The van der Waals surface area contributed by atoms with Gasteiger partial charge in [0.15, 0.2) is 0 Å². The first-order valence-corrected chi connectivity index (χ1v) is 6.09. The summed E-state index contributed by atoms with van der Waals surface area (Å²) < 4.78 is 13.3. The van der Waals surface area contributed by atoms with Crippen molar-refractivity contribution in [3.63, 3.8) is 0 Å². The molecule has 0 radical (unpaired) electrons. The van der Waals surface area contributed by atoms with Crippen LogP contribution in [0, 0.1) is 0 Å². The van der Waals surface area contributed by atoms with Crippen LogP contribution in [0.5, 0.6) is 0 Å². The average Bonchev–Trinajstić information content (AvgIpc) is 3.05. The molecule has 0 aliphatic heterocycles. The Balaban J connectivity index is 1.75. The second-order valence-corrected chi connectivity index (χ2v) is 4.26. The van der Waals surface area contributed by atoms with Crippen LogP contribution in [-0.2, 0) is 6.54 Å². The van der Waals surface area contributed by atoms with Gasteiger partial charge in [-0.3, -0.25) is 4.79 Å². The molecule has 0 saturated carbocycles. The number of nitrogens with zero attached hydrogens (tertiary/aromatic N) is 2. The first-order valence-electron chi connectivity index (χ1n) is 5.36. The van der Waals surface area contributed by atoms with Crippen LogP contribution >= 0.6 is 11.7 Å². The van der Waals surface area contributed by atoms with Crippen molar-refractivity contribution < 1.29 is 9.21 Å². The lowest BCUT2D eigenvalue weighted by atomic mass is 10.2. The Morgan fingerprint density at radius 3 is 3.00 bits per heavy atom. The number of rotatable bonds is 3. The highest BCUT2D eigenvalue weighted by Gasteiger charge is 2.08. The third-order valence-electron chi connectivity index (χ3n) is 2.52. The molecule has 0 atom stereocenters. The molecule has 6 heteroatoms. The van der Waals surface area contributed by atoms with E-state index in [4.69, 9.17) is 4.42 Å². The van der Waals surface area contributed by atoms with Crippen LogP contribution in [0.25, 0.3) is 11.0 Å². The van der Waals surface area contributed by atoms with Gasteiger partial charge in [0.2, 0.25) is 0 Å². The number of benzene rings is 1. The van der Waals surface area contributed by atoms with Gasteiger partial charge in [0.25, 0.3) is 5.91 Å². The van der Waals surface area contributed by atoms with E-state index < -0.39 is 0 Å². The van der Waals surface area contributed by atoms with Crippen LogP contribution in [0.4, 0.5) is 0 Å². The van der Waals surface area contributed by atoms with Gasteiger partial charge in [0, 0.05) is 5.56 Å². The van der Waals surface area contributed by atoms with Gasteiger partial charge in [0.1, 0.15) is 16.8 Å². The Hall–Kier alpha value is -2.21. The van der Waals surface area contributed by atoms with Gasteiger partial charge in [-0.2, -0.15) is 8.75 Å². The molecule has 3 aromatic rings. The number of hydrogen-bond acceptors (Lipinski definition) is 5. The molecule has 0 saturated heterocycles. The summed E-state index contributed by atoms with van der Waals surface area (Å²) in [6.45, 7) is 0.374. The quantitative estimate of drug-likeness (QED) is 0.783. The van der Waals surface area contributed by atoms with Crippen LogP contribution in [0.3, 0.4) is 0 Å². The summed E-state index contributed by atoms with van der Waals surface area (Å²) in [6.07, 6.45) is 1.58.